The summed E-state index contributed by atoms with van der Waals surface area (Å²) >= 11 is 0. The number of hydrogen-bond donors (Lipinski definition) is 2. The fraction of sp³-hybridized carbons (Fsp3) is 0.583. The van der Waals surface area contributed by atoms with Crippen LogP contribution < -0.4 is 5.73 Å². The number of aliphatic hydroxyl groups is 1. The first-order valence-electron chi connectivity index (χ1n) is 5.34. The van der Waals surface area contributed by atoms with E-state index in [1.54, 1.807) is 6.08 Å². The summed E-state index contributed by atoms with van der Waals surface area (Å²) in [5.41, 5.74) is 4.75. The van der Waals surface area contributed by atoms with E-state index >= 15 is 0 Å². The summed E-state index contributed by atoms with van der Waals surface area (Å²) in [6.07, 6.45) is 7.90. The molecule has 0 aromatic rings. The topological polar surface area (TPSA) is 63.3 Å². The summed E-state index contributed by atoms with van der Waals surface area (Å²) in [5.74, 6) is -1.05. The number of carbonyl (C=O) groups is 1. The fourth-order valence-corrected chi connectivity index (χ4v) is 2.04. The average molecular weight is 209 g/mol. The molecule has 0 saturated heterocycles. The van der Waals surface area contributed by atoms with Gasteiger partial charge in [0, 0.05) is 5.92 Å². The number of carbonyl (C=O) groups excluding carboxylic acids is 1. The SMILES string of the molecule is C=C[C@@H](C1=CCCCC1)[C@@](C)(O)C(N)=O. The van der Waals surface area contributed by atoms with E-state index in [0.29, 0.717) is 0 Å². The monoisotopic (exact) mass is 209 g/mol. The number of allylic oxidation sites excluding steroid dienone is 1. The summed E-state index contributed by atoms with van der Waals surface area (Å²) in [4.78, 5) is 11.2. The second-order valence-electron chi connectivity index (χ2n) is 4.25. The molecule has 2 atom stereocenters. The highest BCUT2D eigenvalue weighted by Gasteiger charge is 2.37. The number of hydrogen-bond acceptors (Lipinski definition) is 2. The molecule has 1 amide bonds. The third-order valence-electron chi connectivity index (χ3n) is 3.07. The summed E-state index contributed by atoms with van der Waals surface area (Å²) in [5, 5.41) is 10.0. The molecule has 0 aromatic carbocycles. The van der Waals surface area contributed by atoms with Gasteiger partial charge in [0.05, 0.1) is 0 Å². The minimum absolute atomic E-state index is 0.352. The normalized spacial score (nSPS) is 22.4. The molecule has 0 aromatic heterocycles. The van der Waals surface area contributed by atoms with Crippen LogP contribution in [0.15, 0.2) is 24.3 Å². The lowest BCUT2D eigenvalue weighted by Crippen LogP contribution is -2.47. The highest BCUT2D eigenvalue weighted by molar-refractivity contribution is 5.83. The molecule has 0 unspecified atom stereocenters. The Bertz CT molecular complexity index is 292. The minimum atomic E-state index is -1.52. The molecule has 3 heteroatoms. The number of amides is 1. The van der Waals surface area contributed by atoms with Crippen LogP contribution in [-0.2, 0) is 4.79 Å². The standard InChI is InChI=1S/C12H19NO2/c1-3-10(12(2,15)11(13)14)9-7-5-4-6-8-9/h3,7,10,15H,1,4-6,8H2,2H3,(H2,13,14)/t10-,12+/m0/s1. The van der Waals surface area contributed by atoms with Gasteiger partial charge in [-0.1, -0.05) is 17.7 Å². The Morgan fingerprint density at radius 1 is 1.73 bits per heavy atom. The lowest BCUT2D eigenvalue weighted by atomic mass is 9.78. The van der Waals surface area contributed by atoms with Crippen molar-refractivity contribution in [3.63, 3.8) is 0 Å². The summed E-state index contributed by atoms with van der Waals surface area (Å²) in [6.45, 7) is 5.13. The van der Waals surface area contributed by atoms with E-state index in [4.69, 9.17) is 5.73 Å². The van der Waals surface area contributed by atoms with Crippen molar-refractivity contribution in [1.29, 1.82) is 0 Å². The second-order valence-corrected chi connectivity index (χ2v) is 4.25. The zero-order valence-corrected chi connectivity index (χ0v) is 9.20. The van der Waals surface area contributed by atoms with Crippen LogP contribution in [0.3, 0.4) is 0 Å². The van der Waals surface area contributed by atoms with E-state index in [0.717, 1.165) is 24.8 Å². The van der Waals surface area contributed by atoms with Crippen LogP contribution in [-0.4, -0.2) is 16.6 Å². The highest BCUT2D eigenvalue weighted by Crippen LogP contribution is 2.32. The van der Waals surface area contributed by atoms with Gasteiger partial charge >= 0.3 is 0 Å². The molecule has 0 heterocycles. The molecule has 0 fully saturated rings. The van der Waals surface area contributed by atoms with E-state index in [9.17, 15) is 9.90 Å². The number of nitrogens with two attached hydrogens (primary N) is 1. The van der Waals surface area contributed by atoms with E-state index in [2.05, 4.69) is 12.7 Å². The molecule has 0 spiro atoms. The first-order valence-corrected chi connectivity index (χ1v) is 5.34. The molecular formula is C12H19NO2. The van der Waals surface area contributed by atoms with Crippen LogP contribution >= 0.6 is 0 Å². The Kier molecular flexibility index (Phi) is 3.69. The van der Waals surface area contributed by atoms with Crippen LogP contribution in [0.2, 0.25) is 0 Å². The van der Waals surface area contributed by atoms with Crippen molar-refractivity contribution in [3.8, 4) is 0 Å². The van der Waals surface area contributed by atoms with E-state index in [1.165, 1.54) is 13.3 Å². The van der Waals surface area contributed by atoms with Crippen LogP contribution in [0.4, 0.5) is 0 Å². The first-order chi connectivity index (χ1) is 7.00. The smallest absolute Gasteiger partial charge is 0.250 e. The molecular weight excluding hydrogens is 190 g/mol. The molecule has 0 bridgehead atoms. The Hall–Kier alpha value is -1.09. The molecule has 1 aliphatic carbocycles. The first kappa shape index (κ1) is 12.0. The third kappa shape index (κ3) is 2.48. The number of rotatable bonds is 4. The summed E-state index contributed by atoms with van der Waals surface area (Å²) < 4.78 is 0. The zero-order chi connectivity index (χ0) is 11.5. The van der Waals surface area contributed by atoms with Crippen molar-refractivity contribution < 1.29 is 9.90 Å². The van der Waals surface area contributed by atoms with Gasteiger partial charge in [-0.25, -0.2) is 0 Å². The largest absolute Gasteiger partial charge is 0.379 e. The van der Waals surface area contributed by atoms with E-state index in [1.807, 2.05) is 0 Å². The van der Waals surface area contributed by atoms with Gasteiger partial charge in [0.2, 0.25) is 5.91 Å². The molecule has 1 rings (SSSR count). The van der Waals surface area contributed by atoms with Gasteiger partial charge < -0.3 is 10.8 Å². The predicted octanol–water partition coefficient (Wildman–Crippen LogP) is 1.53. The lowest BCUT2D eigenvalue weighted by Gasteiger charge is -2.31. The van der Waals surface area contributed by atoms with E-state index in [-0.39, 0.29) is 5.92 Å². The van der Waals surface area contributed by atoms with Gasteiger partial charge in [-0.15, -0.1) is 6.58 Å². The minimum Gasteiger partial charge on any atom is -0.379 e. The summed E-state index contributed by atoms with van der Waals surface area (Å²) in [6, 6.07) is 0. The second kappa shape index (κ2) is 4.62. The molecule has 15 heavy (non-hydrogen) atoms. The maximum absolute atomic E-state index is 11.2. The van der Waals surface area contributed by atoms with Crippen molar-refractivity contribution in [3.05, 3.63) is 24.3 Å². The molecule has 3 N–H and O–H groups in total. The van der Waals surface area contributed by atoms with Crippen molar-refractivity contribution in [2.45, 2.75) is 38.2 Å². The Labute approximate surface area is 90.7 Å². The van der Waals surface area contributed by atoms with Gasteiger partial charge in [0.1, 0.15) is 5.60 Å². The Balaban J connectivity index is 2.92. The van der Waals surface area contributed by atoms with Crippen molar-refractivity contribution >= 4 is 5.91 Å². The van der Waals surface area contributed by atoms with Crippen molar-refractivity contribution in [1.82, 2.24) is 0 Å². The molecule has 0 radical (unpaired) electrons. The van der Waals surface area contributed by atoms with Crippen molar-refractivity contribution in [2.75, 3.05) is 0 Å². The third-order valence-corrected chi connectivity index (χ3v) is 3.07. The highest BCUT2D eigenvalue weighted by atomic mass is 16.3. The molecule has 1 aliphatic rings. The van der Waals surface area contributed by atoms with Gasteiger partial charge in [0.15, 0.2) is 0 Å². The average Bonchev–Trinajstić information content (AvgIpc) is 2.19. The predicted molar refractivity (Wildman–Crippen MR) is 60.1 cm³/mol. The molecule has 84 valence electrons. The maximum atomic E-state index is 11.2. The molecule has 3 nitrogen and oxygen atoms in total. The van der Waals surface area contributed by atoms with Gasteiger partial charge in [-0.2, -0.15) is 0 Å². The van der Waals surface area contributed by atoms with Gasteiger partial charge in [0.25, 0.3) is 0 Å². The number of primary amides is 1. The Morgan fingerprint density at radius 2 is 2.40 bits per heavy atom. The zero-order valence-electron chi connectivity index (χ0n) is 9.20. The maximum Gasteiger partial charge on any atom is 0.250 e. The lowest BCUT2D eigenvalue weighted by molar-refractivity contribution is -0.137. The van der Waals surface area contributed by atoms with Gasteiger partial charge in [-0.05, 0) is 32.6 Å². The van der Waals surface area contributed by atoms with Crippen LogP contribution in [0, 0.1) is 5.92 Å². The fourth-order valence-electron chi connectivity index (χ4n) is 2.04. The van der Waals surface area contributed by atoms with Gasteiger partial charge in [-0.3, -0.25) is 4.79 Å². The van der Waals surface area contributed by atoms with Crippen molar-refractivity contribution in [2.24, 2.45) is 11.7 Å². The Morgan fingerprint density at radius 3 is 2.80 bits per heavy atom. The van der Waals surface area contributed by atoms with Crippen LogP contribution in [0.25, 0.3) is 0 Å². The molecule has 0 saturated carbocycles. The van der Waals surface area contributed by atoms with E-state index < -0.39 is 11.5 Å². The molecule has 0 aliphatic heterocycles. The summed E-state index contributed by atoms with van der Waals surface area (Å²) in [7, 11) is 0. The van der Waals surface area contributed by atoms with Crippen LogP contribution in [0.1, 0.15) is 32.6 Å². The quantitative estimate of drug-likeness (QED) is 0.690. The van der Waals surface area contributed by atoms with Crippen LogP contribution in [0.5, 0.6) is 0 Å².